The van der Waals surface area contributed by atoms with Gasteiger partial charge >= 0.3 is 0 Å². The van der Waals surface area contributed by atoms with Crippen LogP contribution in [0.2, 0.25) is 0 Å². The summed E-state index contributed by atoms with van der Waals surface area (Å²) in [7, 11) is 1.63. The van der Waals surface area contributed by atoms with Gasteiger partial charge in [0.05, 0.1) is 6.61 Å². The van der Waals surface area contributed by atoms with E-state index in [4.69, 9.17) is 10.5 Å². The number of hydrogen-bond acceptors (Lipinski definition) is 3. The van der Waals surface area contributed by atoms with E-state index < -0.39 is 0 Å². The predicted octanol–water partition coefficient (Wildman–Crippen LogP) is 3.69. The molecule has 0 spiro atoms. The van der Waals surface area contributed by atoms with Crippen molar-refractivity contribution in [3.8, 4) is 0 Å². The van der Waals surface area contributed by atoms with Crippen molar-refractivity contribution >= 4 is 27.5 Å². The van der Waals surface area contributed by atoms with E-state index >= 15 is 0 Å². The fraction of sp³-hybridized carbons (Fsp3) is 0.562. The van der Waals surface area contributed by atoms with Gasteiger partial charge in [-0.2, -0.15) is 0 Å². The lowest BCUT2D eigenvalue weighted by atomic mass is 9.87. The summed E-state index contributed by atoms with van der Waals surface area (Å²) in [6.07, 6.45) is 1.13. The first-order valence-electron chi connectivity index (χ1n) is 7.04. The van der Waals surface area contributed by atoms with Crippen molar-refractivity contribution in [2.75, 3.05) is 12.4 Å². The van der Waals surface area contributed by atoms with Crippen molar-refractivity contribution < 1.29 is 9.53 Å². The molecule has 118 valence electrons. The van der Waals surface area contributed by atoms with Crippen molar-refractivity contribution in [1.29, 1.82) is 0 Å². The third-order valence-electron chi connectivity index (χ3n) is 3.00. The highest BCUT2D eigenvalue weighted by Crippen LogP contribution is 2.26. The van der Waals surface area contributed by atoms with Gasteiger partial charge in [-0.15, -0.1) is 0 Å². The first-order valence-corrected chi connectivity index (χ1v) is 7.84. The largest absolute Gasteiger partial charge is 0.380 e. The van der Waals surface area contributed by atoms with Gasteiger partial charge in [-0.25, -0.2) is 0 Å². The number of rotatable bonds is 6. The summed E-state index contributed by atoms with van der Waals surface area (Å²) in [5.74, 6) is -0.0674. The zero-order chi connectivity index (χ0) is 16.0. The second-order valence-electron chi connectivity index (χ2n) is 6.48. The van der Waals surface area contributed by atoms with E-state index in [1.807, 2.05) is 18.2 Å². The molecule has 21 heavy (non-hydrogen) atoms. The molecule has 1 atom stereocenters. The van der Waals surface area contributed by atoms with E-state index in [-0.39, 0.29) is 17.4 Å². The number of carbonyl (C=O) groups excluding carboxylic acids is 1. The lowest BCUT2D eigenvalue weighted by molar-refractivity contribution is -0.116. The molecule has 0 aliphatic heterocycles. The normalized spacial score (nSPS) is 13.0. The molecule has 0 saturated carbocycles. The van der Waals surface area contributed by atoms with Crippen LogP contribution in [0.1, 0.15) is 39.2 Å². The van der Waals surface area contributed by atoms with E-state index in [0.29, 0.717) is 13.0 Å². The smallest absolute Gasteiger partial charge is 0.225 e. The Morgan fingerprint density at radius 2 is 2.10 bits per heavy atom. The summed E-state index contributed by atoms with van der Waals surface area (Å²) in [6.45, 7) is 6.80. The molecule has 1 amide bonds. The second kappa shape index (κ2) is 7.92. The molecule has 3 N–H and O–H groups in total. The van der Waals surface area contributed by atoms with E-state index in [1.54, 1.807) is 7.11 Å². The van der Waals surface area contributed by atoms with Crippen molar-refractivity contribution in [3.05, 3.63) is 28.2 Å². The summed E-state index contributed by atoms with van der Waals surface area (Å²) in [5.41, 5.74) is 7.86. The predicted molar refractivity (Wildman–Crippen MR) is 90.1 cm³/mol. The molecule has 1 rings (SSSR count). The van der Waals surface area contributed by atoms with Gasteiger partial charge in [0.15, 0.2) is 0 Å². The molecular formula is C16H25BrN2O2. The number of methoxy groups -OCH3 is 1. The fourth-order valence-corrected chi connectivity index (χ4v) is 2.75. The maximum Gasteiger partial charge on any atom is 0.225 e. The molecule has 0 aliphatic rings. The van der Waals surface area contributed by atoms with Crippen LogP contribution in [0, 0.1) is 5.41 Å². The van der Waals surface area contributed by atoms with Crippen molar-refractivity contribution in [2.24, 2.45) is 11.1 Å². The summed E-state index contributed by atoms with van der Waals surface area (Å²) in [5, 5.41) is 2.92. The van der Waals surface area contributed by atoms with Crippen LogP contribution in [0.4, 0.5) is 5.69 Å². The highest BCUT2D eigenvalue weighted by molar-refractivity contribution is 9.10. The van der Waals surface area contributed by atoms with Crippen molar-refractivity contribution in [1.82, 2.24) is 0 Å². The third kappa shape index (κ3) is 6.59. The molecule has 0 saturated heterocycles. The van der Waals surface area contributed by atoms with Crippen LogP contribution in [0.3, 0.4) is 0 Å². The molecule has 0 heterocycles. The Hall–Kier alpha value is -0.910. The number of ether oxygens (including phenoxy) is 1. The molecule has 0 radical (unpaired) electrons. The van der Waals surface area contributed by atoms with Crippen LogP contribution in [0.25, 0.3) is 0 Å². The third-order valence-corrected chi connectivity index (χ3v) is 3.75. The molecule has 1 aromatic carbocycles. The SMILES string of the molecule is COCc1c(Br)cccc1NC(=O)CC(N)CC(C)(C)C. The maximum atomic E-state index is 12.1. The summed E-state index contributed by atoms with van der Waals surface area (Å²) >= 11 is 3.47. The number of halogens is 1. The monoisotopic (exact) mass is 356 g/mol. The summed E-state index contributed by atoms with van der Waals surface area (Å²) in [6, 6.07) is 5.54. The van der Waals surface area contributed by atoms with Gasteiger partial charge in [0.2, 0.25) is 5.91 Å². The minimum Gasteiger partial charge on any atom is -0.380 e. The standard InChI is InChI=1S/C16H25BrN2O2/c1-16(2,3)9-11(18)8-15(20)19-14-7-5-6-13(17)12(14)10-21-4/h5-7,11H,8-10,18H2,1-4H3,(H,19,20). The van der Waals surface area contributed by atoms with E-state index in [0.717, 1.165) is 22.1 Å². The van der Waals surface area contributed by atoms with Crippen molar-refractivity contribution in [2.45, 2.75) is 46.3 Å². The van der Waals surface area contributed by atoms with Crippen molar-refractivity contribution in [3.63, 3.8) is 0 Å². The minimum atomic E-state index is -0.136. The van der Waals surface area contributed by atoms with Gasteiger partial charge < -0.3 is 15.8 Å². The molecular weight excluding hydrogens is 332 g/mol. The van der Waals surface area contributed by atoms with Crippen LogP contribution < -0.4 is 11.1 Å². The Morgan fingerprint density at radius 1 is 1.43 bits per heavy atom. The van der Waals surface area contributed by atoms with Crippen LogP contribution in [0.15, 0.2) is 22.7 Å². The zero-order valence-corrected chi connectivity index (χ0v) is 14.8. The van der Waals surface area contributed by atoms with Gasteiger partial charge in [0.1, 0.15) is 0 Å². The van der Waals surface area contributed by atoms with Gasteiger partial charge in [-0.1, -0.05) is 42.8 Å². The first-order chi connectivity index (χ1) is 9.73. The Labute approximate surface area is 135 Å². The number of hydrogen-bond donors (Lipinski definition) is 2. The Bertz CT molecular complexity index is 484. The number of nitrogens with two attached hydrogens (primary N) is 1. The lowest BCUT2D eigenvalue weighted by Crippen LogP contribution is -2.31. The van der Waals surface area contributed by atoms with Gasteiger partial charge in [-0.3, -0.25) is 4.79 Å². The van der Waals surface area contributed by atoms with E-state index in [1.165, 1.54) is 0 Å². The van der Waals surface area contributed by atoms with E-state index in [2.05, 4.69) is 42.0 Å². The fourth-order valence-electron chi connectivity index (χ4n) is 2.26. The van der Waals surface area contributed by atoms with Crippen LogP contribution in [0.5, 0.6) is 0 Å². The zero-order valence-electron chi connectivity index (χ0n) is 13.2. The van der Waals surface area contributed by atoms with E-state index in [9.17, 15) is 4.79 Å². The average Bonchev–Trinajstić information content (AvgIpc) is 2.30. The number of amides is 1. The number of carbonyl (C=O) groups is 1. The summed E-state index contributed by atoms with van der Waals surface area (Å²) in [4.78, 5) is 12.1. The van der Waals surface area contributed by atoms with Crippen LogP contribution in [-0.2, 0) is 16.1 Å². The maximum absolute atomic E-state index is 12.1. The molecule has 4 nitrogen and oxygen atoms in total. The molecule has 1 aromatic rings. The molecule has 5 heteroatoms. The Kier molecular flexibility index (Phi) is 6.84. The first kappa shape index (κ1) is 18.1. The molecule has 1 unspecified atom stereocenters. The lowest BCUT2D eigenvalue weighted by Gasteiger charge is -2.23. The number of anilines is 1. The Balaban J connectivity index is 2.69. The highest BCUT2D eigenvalue weighted by Gasteiger charge is 2.19. The van der Waals surface area contributed by atoms with Gasteiger partial charge in [0, 0.05) is 35.3 Å². The number of benzene rings is 1. The second-order valence-corrected chi connectivity index (χ2v) is 7.33. The topological polar surface area (TPSA) is 64.3 Å². The molecule has 0 aliphatic carbocycles. The Morgan fingerprint density at radius 3 is 2.67 bits per heavy atom. The highest BCUT2D eigenvalue weighted by atomic mass is 79.9. The summed E-state index contributed by atoms with van der Waals surface area (Å²) < 4.78 is 6.09. The molecule has 0 fully saturated rings. The van der Waals surface area contributed by atoms with Gasteiger partial charge in [-0.05, 0) is 24.0 Å². The quantitative estimate of drug-likeness (QED) is 0.816. The van der Waals surface area contributed by atoms with Gasteiger partial charge in [0.25, 0.3) is 0 Å². The average molecular weight is 357 g/mol. The number of nitrogens with one attached hydrogen (secondary N) is 1. The van der Waals surface area contributed by atoms with Crippen LogP contribution >= 0.6 is 15.9 Å². The minimum absolute atomic E-state index is 0.0674. The van der Waals surface area contributed by atoms with Crippen LogP contribution in [-0.4, -0.2) is 19.1 Å². The molecule has 0 aromatic heterocycles. The molecule has 0 bridgehead atoms.